The highest BCUT2D eigenvalue weighted by Crippen LogP contribution is 2.29. The number of methoxy groups -OCH3 is 1. The average Bonchev–Trinajstić information content (AvgIpc) is 3.07. The smallest absolute Gasteiger partial charge is 0.226 e. The zero-order valence-corrected chi connectivity index (χ0v) is 15.8. The van der Waals surface area contributed by atoms with Crippen molar-refractivity contribution in [1.82, 2.24) is 10.3 Å². The summed E-state index contributed by atoms with van der Waals surface area (Å²) in [4.78, 5) is 16.8. The summed E-state index contributed by atoms with van der Waals surface area (Å²) < 4.78 is 16.2. The Labute approximate surface area is 158 Å². The Kier molecular flexibility index (Phi) is 6.13. The molecule has 2 heterocycles. The van der Waals surface area contributed by atoms with Gasteiger partial charge in [-0.05, 0) is 44.0 Å². The topological polar surface area (TPSA) is 93.8 Å². The SMILES string of the molecule is COc1ccc(-c2nc(CC(=O)NCC3(CO)CCOCC3)c(C)o2)cc1. The van der Waals surface area contributed by atoms with Crippen molar-refractivity contribution in [1.29, 1.82) is 0 Å². The Morgan fingerprint density at radius 3 is 2.63 bits per heavy atom. The number of hydrogen-bond acceptors (Lipinski definition) is 6. The van der Waals surface area contributed by atoms with Crippen LogP contribution in [0.5, 0.6) is 5.75 Å². The van der Waals surface area contributed by atoms with Gasteiger partial charge in [0, 0.05) is 30.7 Å². The van der Waals surface area contributed by atoms with E-state index in [1.807, 2.05) is 24.3 Å². The van der Waals surface area contributed by atoms with Gasteiger partial charge in [-0.25, -0.2) is 4.98 Å². The van der Waals surface area contributed by atoms with E-state index < -0.39 is 0 Å². The molecule has 7 heteroatoms. The maximum atomic E-state index is 12.4. The van der Waals surface area contributed by atoms with Crippen LogP contribution >= 0.6 is 0 Å². The fourth-order valence-electron chi connectivity index (χ4n) is 3.14. The third-order valence-electron chi connectivity index (χ3n) is 5.11. The predicted octanol–water partition coefficient (Wildman–Crippen LogP) is 2.11. The molecule has 1 saturated heterocycles. The number of nitrogens with one attached hydrogen (secondary N) is 1. The molecular formula is C20H26N2O5. The summed E-state index contributed by atoms with van der Waals surface area (Å²) >= 11 is 0. The summed E-state index contributed by atoms with van der Waals surface area (Å²) in [6, 6.07) is 7.40. The monoisotopic (exact) mass is 374 g/mol. The van der Waals surface area contributed by atoms with Crippen LogP contribution in [0.2, 0.25) is 0 Å². The first kappa shape index (κ1) is 19.4. The number of aliphatic hydroxyl groups is 1. The Morgan fingerprint density at radius 2 is 2.00 bits per heavy atom. The van der Waals surface area contributed by atoms with Crippen LogP contribution in [0.3, 0.4) is 0 Å². The third-order valence-corrected chi connectivity index (χ3v) is 5.11. The molecule has 146 valence electrons. The van der Waals surface area contributed by atoms with Crippen molar-refractivity contribution >= 4 is 5.91 Å². The zero-order chi connectivity index (χ0) is 19.3. The number of amides is 1. The van der Waals surface area contributed by atoms with Gasteiger partial charge in [-0.15, -0.1) is 0 Å². The van der Waals surface area contributed by atoms with Gasteiger partial charge in [0.05, 0.1) is 25.8 Å². The van der Waals surface area contributed by atoms with E-state index in [0.717, 1.165) is 24.2 Å². The van der Waals surface area contributed by atoms with Gasteiger partial charge in [0.25, 0.3) is 0 Å². The highest BCUT2D eigenvalue weighted by Gasteiger charge is 2.32. The van der Waals surface area contributed by atoms with E-state index in [9.17, 15) is 9.90 Å². The van der Waals surface area contributed by atoms with Crippen LogP contribution < -0.4 is 10.1 Å². The highest BCUT2D eigenvalue weighted by molar-refractivity contribution is 5.78. The Morgan fingerprint density at radius 1 is 1.30 bits per heavy atom. The summed E-state index contributed by atoms with van der Waals surface area (Å²) in [6.07, 6.45) is 1.63. The van der Waals surface area contributed by atoms with Gasteiger partial charge in [-0.3, -0.25) is 4.79 Å². The van der Waals surface area contributed by atoms with Crippen molar-refractivity contribution < 1.29 is 23.8 Å². The molecule has 1 aromatic carbocycles. The summed E-state index contributed by atoms with van der Waals surface area (Å²) in [6.45, 7) is 3.51. The Balaban J connectivity index is 1.61. The standard InChI is InChI=1S/C20H26N2O5/c1-14-17(22-19(27-14)15-3-5-16(25-2)6-4-15)11-18(24)21-12-20(13-23)7-9-26-10-8-20/h3-6,23H,7-13H2,1-2H3,(H,21,24). The van der Waals surface area contributed by atoms with Crippen molar-refractivity contribution in [3.8, 4) is 17.2 Å². The number of ether oxygens (including phenoxy) is 2. The number of aromatic nitrogens is 1. The van der Waals surface area contributed by atoms with Crippen molar-refractivity contribution in [3.63, 3.8) is 0 Å². The fourth-order valence-corrected chi connectivity index (χ4v) is 3.14. The molecule has 2 N–H and O–H groups in total. The van der Waals surface area contributed by atoms with E-state index in [1.54, 1.807) is 14.0 Å². The van der Waals surface area contributed by atoms with Crippen molar-refractivity contribution in [3.05, 3.63) is 35.7 Å². The lowest BCUT2D eigenvalue weighted by Crippen LogP contribution is -2.44. The normalized spacial score (nSPS) is 16.1. The van der Waals surface area contributed by atoms with Gasteiger partial charge in [-0.1, -0.05) is 0 Å². The van der Waals surface area contributed by atoms with Gasteiger partial charge in [-0.2, -0.15) is 0 Å². The molecule has 2 aromatic rings. The van der Waals surface area contributed by atoms with E-state index in [2.05, 4.69) is 10.3 Å². The first-order chi connectivity index (χ1) is 13.0. The van der Waals surface area contributed by atoms with Gasteiger partial charge in [0.15, 0.2) is 0 Å². The van der Waals surface area contributed by atoms with Crippen LogP contribution in [0.1, 0.15) is 24.3 Å². The van der Waals surface area contributed by atoms with Gasteiger partial charge >= 0.3 is 0 Å². The number of oxazole rings is 1. The minimum absolute atomic E-state index is 0.0429. The molecule has 0 saturated carbocycles. The van der Waals surface area contributed by atoms with Crippen molar-refractivity contribution in [2.45, 2.75) is 26.2 Å². The molecule has 1 aliphatic heterocycles. The molecule has 0 radical (unpaired) electrons. The highest BCUT2D eigenvalue weighted by atomic mass is 16.5. The molecule has 0 unspecified atom stereocenters. The van der Waals surface area contributed by atoms with Gasteiger partial charge < -0.3 is 24.3 Å². The lowest BCUT2D eigenvalue weighted by molar-refractivity contribution is -0.121. The molecule has 3 rings (SSSR count). The summed E-state index contributed by atoms with van der Waals surface area (Å²) in [5.41, 5.74) is 1.15. The molecule has 1 aliphatic rings. The van der Waals surface area contributed by atoms with Crippen LogP contribution in [0.4, 0.5) is 0 Å². The van der Waals surface area contributed by atoms with Crippen molar-refractivity contribution in [2.24, 2.45) is 5.41 Å². The maximum Gasteiger partial charge on any atom is 0.226 e. The van der Waals surface area contributed by atoms with Crippen LogP contribution in [0.25, 0.3) is 11.5 Å². The Bertz CT molecular complexity index is 763. The summed E-state index contributed by atoms with van der Waals surface area (Å²) in [7, 11) is 1.61. The molecule has 0 bridgehead atoms. The average molecular weight is 374 g/mol. The van der Waals surface area contributed by atoms with E-state index in [4.69, 9.17) is 13.9 Å². The number of carbonyl (C=O) groups is 1. The van der Waals surface area contributed by atoms with E-state index in [0.29, 0.717) is 37.1 Å². The summed E-state index contributed by atoms with van der Waals surface area (Å²) in [5.74, 6) is 1.73. The predicted molar refractivity (Wildman–Crippen MR) is 99.5 cm³/mol. The lowest BCUT2D eigenvalue weighted by Gasteiger charge is -2.35. The first-order valence-corrected chi connectivity index (χ1v) is 9.11. The zero-order valence-electron chi connectivity index (χ0n) is 15.8. The number of aliphatic hydroxyl groups excluding tert-OH is 1. The molecule has 7 nitrogen and oxygen atoms in total. The number of aryl methyl sites for hydroxylation is 1. The first-order valence-electron chi connectivity index (χ1n) is 9.11. The van der Waals surface area contributed by atoms with E-state index in [1.165, 1.54) is 0 Å². The minimum atomic E-state index is -0.291. The molecule has 1 fully saturated rings. The quantitative estimate of drug-likeness (QED) is 0.771. The van der Waals surface area contributed by atoms with Crippen LogP contribution in [-0.2, 0) is 16.0 Å². The molecule has 1 aromatic heterocycles. The van der Waals surface area contributed by atoms with E-state index in [-0.39, 0.29) is 24.3 Å². The van der Waals surface area contributed by atoms with Crippen LogP contribution in [0.15, 0.2) is 28.7 Å². The second-order valence-corrected chi connectivity index (χ2v) is 6.97. The minimum Gasteiger partial charge on any atom is -0.497 e. The second-order valence-electron chi connectivity index (χ2n) is 6.97. The molecule has 1 amide bonds. The maximum absolute atomic E-state index is 12.4. The van der Waals surface area contributed by atoms with Gasteiger partial charge in [0.2, 0.25) is 11.8 Å². The third kappa shape index (κ3) is 4.67. The molecule has 27 heavy (non-hydrogen) atoms. The van der Waals surface area contributed by atoms with E-state index >= 15 is 0 Å². The molecule has 0 spiro atoms. The van der Waals surface area contributed by atoms with Crippen molar-refractivity contribution in [2.75, 3.05) is 33.5 Å². The number of benzene rings is 1. The van der Waals surface area contributed by atoms with Gasteiger partial charge in [0.1, 0.15) is 11.5 Å². The molecule has 0 aliphatic carbocycles. The number of hydrogen-bond donors (Lipinski definition) is 2. The Hall–Kier alpha value is -2.38. The number of nitrogens with zero attached hydrogens (tertiary/aromatic N) is 1. The number of carbonyl (C=O) groups excluding carboxylic acids is 1. The molecule has 0 atom stereocenters. The lowest BCUT2D eigenvalue weighted by atomic mass is 9.81. The van der Waals surface area contributed by atoms with Crippen LogP contribution in [0, 0.1) is 12.3 Å². The largest absolute Gasteiger partial charge is 0.497 e. The molecular weight excluding hydrogens is 348 g/mol. The second kappa shape index (κ2) is 8.54. The number of rotatable bonds is 7. The fraction of sp³-hybridized carbons (Fsp3) is 0.500. The summed E-state index contributed by atoms with van der Waals surface area (Å²) in [5, 5.41) is 12.6. The van der Waals surface area contributed by atoms with Crippen LogP contribution in [-0.4, -0.2) is 49.5 Å².